The van der Waals surface area contributed by atoms with Crippen LogP contribution in [0.2, 0.25) is 0 Å². The van der Waals surface area contributed by atoms with E-state index >= 15 is 0 Å². The van der Waals surface area contributed by atoms with Crippen molar-refractivity contribution >= 4 is 29.6 Å². The normalized spacial score (nSPS) is 12.3. The summed E-state index contributed by atoms with van der Waals surface area (Å²) in [5.74, 6) is 2.51. The van der Waals surface area contributed by atoms with E-state index in [4.69, 9.17) is 5.73 Å². The highest BCUT2D eigenvalue weighted by Crippen LogP contribution is 2.17. The second-order valence-corrected chi connectivity index (χ2v) is 5.23. The van der Waals surface area contributed by atoms with Crippen LogP contribution in [0.5, 0.6) is 0 Å². The van der Waals surface area contributed by atoms with Gasteiger partial charge in [0.2, 0.25) is 17.8 Å². The van der Waals surface area contributed by atoms with E-state index in [1.54, 1.807) is 0 Å². The first-order valence-electron chi connectivity index (χ1n) is 5.90. The SMILES string of the molecule is CCC(CSC)N(C)c1nc(N)nc(N(C)C)n1. The van der Waals surface area contributed by atoms with E-state index in [0.717, 1.165) is 12.2 Å². The average Bonchev–Trinajstić information content (AvgIpc) is 2.34. The third-order valence-electron chi connectivity index (χ3n) is 2.72. The molecule has 0 saturated heterocycles. The minimum atomic E-state index is 0.259. The smallest absolute Gasteiger partial charge is 0.231 e. The van der Waals surface area contributed by atoms with Gasteiger partial charge in [0, 0.05) is 32.9 Å². The lowest BCUT2D eigenvalue weighted by molar-refractivity contribution is 0.655. The van der Waals surface area contributed by atoms with E-state index in [1.807, 2.05) is 37.8 Å². The number of nitrogen functional groups attached to an aromatic ring is 1. The molecule has 7 heteroatoms. The van der Waals surface area contributed by atoms with Crippen LogP contribution in [-0.4, -0.2) is 54.1 Å². The number of rotatable bonds is 6. The predicted molar refractivity (Wildman–Crippen MR) is 79.4 cm³/mol. The zero-order valence-corrected chi connectivity index (χ0v) is 12.5. The van der Waals surface area contributed by atoms with E-state index < -0.39 is 0 Å². The van der Waals surface area contributed by atoms with Crippen LogP contribution in [0.15, 0.2) is 0 Å². The zero-order chi connectivity index (χ0) is 13.7. The summed E-state index contributed by atoms with van der Waals surface area (Å²) in [6.07, 6.45) is 3.14. The Hall–Kier alpha value is -1.24. The summed E-state index contributed by atoms with van der Waals surface area (Å²) in [7, 11) is 5.77. The van der Waals surface area contributed by atoms with Crippen molar-refractivity contribution in [1.82, 2.24) is 15.0 Å². The average molecular weight is 270 g/mol. The van der Waals surface area contributed by atoms with Crippen molar-refractivity contribution in [2.24, 2.45) is 0 Å². The molecule has 0 spiro atoms. The molecule has 1 aromatic rings. The van der Waals surface area contributed by atoms with Crippen LogP contribution in [0.1, 0.15) is 13.3 Å². The fourth-order valence-electron chi connectivity index (χ4n) is 1.59. The molecule has 1 unspecified atom stereocenters. The first-order valence-corrected chi connectivity index (χ1v) is 7.29. The van der Waals surface area contributed by atoms with Crippen molar-refractivity contribution < 1.29 is 0 Å². The Morgan fingerprint density at radius 2 is 1.78 bits per heavy atom. The van der Waals surface area contributed by atoms with Crippen LogP contribution in [-0.2, 0) is 0 Å². The van der Waals surface area contributed by atoms with E-state index in [0.29, 0.717) is 17.9 Å². The molecule has 0 aliphatic carbocycles. The molecule has 1 atom stereocenters. The third-order valence-corrected chi connectivity index (χ3v) is 3.44. The number of hydrogen-bond acceptors (Lipinski definition) is 7. The first-order chi connectivity index (χ1) is 8.49. The van der Waals surface area contributed by atoms with E-state index in [2.05, 4.69) is 33.0 Å². The van der Waals surface area contributed by atoms with Gasteiger partial charge in [-0.2, -0.15) is 26.7 Å². The molecule has 0 aliphatic heterocycles. The predicted octanol–water partition coefficient (Wildman–Crippen LogP) is 1.10. The highest BCUT2D eigenvalue weighted by atomic mass is 32.2. The Morgan fingerprint density at radius 1 is 1.17 bits per heavy atom. The summed E-state index contributed by atoms with van der Waals surface area (Å²) >= 11 is 1.82. The molecule has 18 heavy (non-hydrogen) atoms. The molecule has 0 fully saturated rings. The number of hydrogen-bond donors (Lipinski definition) is 1. The van der Waals surface area contributed by atoms with E-state index in [-0.39, 0.29) is 5.95 Å². The third kappa shape index (κ3) is 3.63. The molecule has 102 valence electrons. The van der Waals surface area contributed by atoms with Gasteiger partial charge in [0.05, 0.1) is 0 Å². The molecule has 0 aliphatic rings. The van der Waals surface area contributed by atoms with Gasteiger partial charge < -0.3 is 15.5 Å². The summed E-state index contributed by atoms with van der Waals surface area (Å²) in [6, 6.07) is 0.400. The summed E-state index contributed by atoms with van der Waals surface area (Å²) in [5, 5.41) is 0. The highest BCUT2D eigenvalue weighted by molar-refractivity contribution is 7.98. The number of nitrogens with zero attached hydrogens (tertiary/aromatic N) is 5. The van der Waals surface area contributed by atoms with Gasteiger partial charge in [-0.25, -0.2) is 0 Å². The van der Waals surface area contributed by atoms with Crippen LogP contribution in [0.4, 0.5) is 17.8 Å². The molecule has 0 aromatic carbocycles. The van der Waals surface area contributed by atoms with E-state index in [9.17, 15) is 0 Å². The molecular formula is C11H22N6S. The summed E-state index contributed by atoms with van der Waals surface area (Å²) in [5.41, 5.74) is 5.73. The topological polar surface area (TPSA) is 71.2 Å². The van der Waals surface area contributed by atoms with Gasteiger partial charge in [0.1, 0.15) is 0 Å². The molecule has 0 amide bonds. The Bertz CT molecular complexity index is 384. The molecule has 6 nitrogen and oxygen atoms in total. The minimum Gasteiger partial charge on any atom is -0.368 e. The minimum absolute atomic E-state index is 0.259. The Labute approximate surface area is 113 Å². The standard InChI is InChI=1S/C11H22N6S/c1-6-8(7-18-5)17(4)11-14-9(12)13-10(15-11)16(2)3/h8H,6-7H2,1-5H3,(H2,12,13,14,15). The summed E-state index contributed by atoms with van der Waals surface area (Å²) in [6.45, 7) is 2.16. The Kier molecular flexibility index (Phi) is 5.46. The number of thioether (sulfide) groups is 1. The van der Waals surface area contributed by atoms with E-state index in [1.165, 1.54) is 0 Å². The van der Waals surface area contributed by atoms with Crippen LogP contribution in [0, 0.1) is 0 Å². The van der Waals surface area contributed by atoms with Crippen LogP contribution >= 0.6 is 11.8 Å². The van der Waals surface area contributed by atoms with Crippen molar-refractivity contribution in [3.05, 3.63) is 0 Å². The lowest BCUT2D eigenvalue weighted by Gasteiger charge is -2.27. The van der Waals surface area contributed by atoms with Gasteiger partial charge in [-0.3, -0.25) is 0 Å². The summed E-state index contributed by atoms with van der Waals surface area (Å²) < 4.78 is 0. The van der Waals surface area contributed by atoms with Crippen molar-refractivity contribution in [2.75, 3.05) is 48.7 Å². The van der Waals surface area contributed by atoms with Gasteiger partial charge in [-0.1, -0.05) is 6.92 Å². The fourth-order valence-corrected chi connectivity index (χ4v) is 2.43. The monoisotopic (exact) mass is 270 g/mol. The molecular weight excluding hydrogens is 248 g/mol. The molecule has 1 rings (SSSR count). The molecule has 1 heterocycles. The Morgan fingerprint density at radius 3 is 2.28 bits per heavy atom. The van der Waals surface area contributed by atoms with Gasteiger partial charge >= 0.3 is 0 Å². The molecule has 0 saturated carbocycles. The fraction of sp³-hybridized carbons (Fsp3) is 0.727. The molecule has 2 N–H and O–H groups in total. The van der Waals surface area contributed by atoms with Crippen LogP contribution in [0.25, 0.3) is 0 Å². The number of nitrogens with two attached hydrogens (primary N) is 1. The van der Waals surface area contributed by atoms with Crippen molar-refractivity contribution in [3.63, 3.8) is 0 Å². The van der Waals surface area contributed by atoms with Gasteiger partial charge in [-0.15, -0.1) is 0 Å². The summed E-state index contributed by atoms with van der Waals surface area (Å²) in [4.78, 5) is 16.6. The molecule has 0 radical (unpaired) electrons. The Balaban J connectivity index is 3.00. The highest BCUT2D eigenvalue weighted by Gasteiger charge is 2.17. The van der Waals surface area contributed by atoms with Crippen molar-refractivity contribution in [1.29, 1.82) is 0 Å². The molecule has 1 aromatic heterocycles. The number of anilines is 3. The second kappa shape index (κ2) is 6.63. The van der Waals surface area contributed by atoms with Crippen LogP contribution < -0.4 is 15.5 Å². The lowest BCUT2D eigenvalue weighted by atomic mass is 10.2. The van der Waals surface area contributed by atoms with Gasteiger partial charge in [0.25, 0.3) is 0 Å². The van der Waals surface area contributed by atoms with Gasteiger partial charge in [-0.05, 0) is 12.7 Å². The zero-order valence-electron chi connectivity index (χ0n) is 11.7. The maximum atomic E-state index is 5.73. The lowest BCUT2D eigenvalue weighted by Crippen LogP contribution is -2.35. The quantitative estimate of drug-likeness (QED) is 0.829. The molecule has 0 bridgehead atoms. The largest absolute Gasteiger partial charge is 0.368 e. The van der Waals surface area contributed by atoms with Crippen LogP contribution in [0.3, 0.4) is 0 Å². The maximum absolute atomic E-state index is 5.73. The van der Waals surface area contributed by atoms with Crippen molar-refractivity contribution in [2.45, 2.75) is 19.4 Å². The number of aromatic nitrogens is 3. The van der Waals surface area contributed by atoms with Crippen molar-refractivity contribution in [3.8, 4) is 0 Å². The maximum Gasteiger partial charge on any atom is 0.231 e. The second-order valence-electron chi connectivity index (χ2n) is 4.32. The van der Waals surface area contributed by atoms with Gasteiger partial charge in [0.15, 0.2) is 0 Å². The first kappa shape index (κ1) is 14.8.